The maximum Gasteiger partial charge on any atom is 0.145 e. The van der Waals surface area contributed by atoms with Gasteiger partial charge in [-0.05, 0) is 6.92 Å². The summed E-state index contributed by atoms with van der Waals surface area (Å²) in [5.74, 6) is 7.28. The molecule has 1 aromatic rings. The number of nitrogens with two attached hydrogens (primary N) is 1. The van der Waals surface area contributed by atoms with Gasteiger partial charge in [0.1, 0.15) is 17.5 Å². The molecule has 1 fully saturated rings. The second-order valence-corrected chi connectivity index (χ2v) is 3.78. The number of aryl methyl sites for hydroxylation is 1. The van der Waals surface area contributed by atoms with Crippen molar-refractivity contribution in [2.24, 2.45) is 5.84 Å². The standard InChI is InChI=1S/C10H17N5O2/c1-7-13-9(4-10(14-7)15-11)12-5-8-6-16-2-3-17-8/h4,8H,2-3,5-6,11H2,1H3,(H2,12,13,14,15). The Morgan fingerprint density at radius 1 is 1.41 bits per heavy atom. The molecular formula is C10H17N5O2. The first-order chi connectivity index (χ1) is 8.28. The van der Waals surface area contributed by atoms with Crippen LogP contribution in [0, 0.1) is 6.92 Å². The molecule has 94 valence electrons. The van der Waals surface area contributed by atoms with Gasteiger partial charge in [0, 0.05) is 12.6 Å². The van der Waals surface area contributed by atoms with Gasteiger partial charge in [0.25, 0.3) is 0 Å². The summed E-state index contributed by atoms with van der Waals surface area (Å²) in [7, 11) is 0. The quantitative estimate of drug-likeness (QED) is 0.499. The molecular weight excluding hydrogens is 222 g/mol. The number of ether oxygens (including phenoxy) is 2. The fourth-order valence-electron chi connectivity index (χ4n) is 1.61. The molecule has 1 aromatic heterocycles. The number of nitrogens with one attached hydrogen (secondary N) is 2. The van der Waals surface area contributed by atoms with Gasteiger partial charge < -0.3 is 20.2 Å². The molecule has 7 nitrogen and oxygen atoms in total. The van der Waals surface area contributed by atoms with Crippen LogP contribution >= 0.6 is 0 Å². The lowest BCUT2D eigenvalue weighted by molar-refractivity contribution is -0.0819. The third-order valence-electron chi connectivity index (χ3n) is 2.38. The Kier molecular flexibility index (Phi) is 4.08. The first-order valence-corrected chi connectivity index (χ1v) is 5.53. The first kappa shape index (κ1) is 12.0. The van der Waals surface area contributed by atoms with Crippen molar-refractivity contribution in [3.8, 4) is 0 Å². The summed E-state index contributed by atoms with van der Waals surface area (Å²) in [6.07, 6.45) is 0.0632. The topological polar surface area (TPSA) is 94.3 Å². The molecule has 0 saturated carbocycles. The van der Waals surface area contributed by atoms with Crippen LogP contribution < -0.4 is 16.6 Å². The number of nitrogens with zero attached hydrogens (tertiary/aromatic N) is 2. The van der Waals surface area contributed by atoms with E-state index in [1.54, 1.807) is 6.07 Å². The Morgan fingerprint density at radius 2 is 2.24 bits per heavy atom. The van der Waals surface area contributed by atoms with Crippen LogP contribution in [-0.2, 0) is 9.47 Å². The second kappa shape index (κ2) is 5.76. The number of hydrogen-bond donors (Lipinski definition) is 3. The van der Waals surface area contributed by atoms with Gasteiger partial charge >= 0.3 is 0 Å². The maximum atomic E-state index is 5.52. The van der Waals surface area contributed by atoms with Gasteiger partial charge in [0.15, 0.2) is 0 Å². The van der Waals surface area contributed by atoms with E-state index in [2.05, 4.69) is 20.7 Å². The molecule has 2 rings (SSSR count). The van der Waals surface area contributed by atoms with E-state index in [9.17, 15) is 0 Å². The summed E-state index contributed by atoms with van der Waals surface area (Å²) in [4.78, 5) is 8.36. The van der Waals surface area contributed by atoms with Crippen LogP contribution in [0.3, 0.4) is 0 Å². The van der Waals surface area contributed by atoms with Crippen LogP contribution in [0.15, 0.2) is 6.07 Å². The van der Waals surface area contributed by atoms with Gasteiger partial charge in [-0.15, -0.1) is 0 Å². The van der Waals surface area contributed by atoms with E-state index in [1.807, 2.05) is 6.92 Å². The SMILES string of the molecule is Cc1nc(NN)cc(NCC2COCCO2)n1. The smallest absolute Gasteiger partial charge is 0.145 e. The van der Waals surface area contributed by atoms with Crippen LogP contribution in [0.5, 0.6) is 0 Å². The number of aromatic nitrogens is 2. The van der Waals surface area contributed by atoms with Gasteiger partial charge in [-0.1, -0.05) is 0 Å². The van der Waals surface area contributed by atoms with E-state index in [-0.39, 0.29) is 6.10 Å². The molecule has 0 amide bonds. The predicted molar refractivity (Wildman–Crippen MR) is 63.6 cm³/mol. The van der Waals surface area contributed by atoms with E-state index >= 15 is 0 Å². The molecule has 0 aliphatic carbocycles. The monoisotopic (exact) mass is 239 g/mol. The largest absolute Gasteiger partial charge is 0.376 e. The number of hydrogen-bond acceptors (Lipinski definition) is 7. The van der Waals surface area contributed by atoms with Crippen molar-refractivity contribution in [1.82, 2.24) is 9.97 Å². The molecule has 4 N–H and O–H groups in total. The van der Waals surface area contributed by atoms with Gasteiger partial charge in [0.05, 0.1) is 25.9 Å². The highest BCUT2D eigenvalue weighted by Gasteiger charge is 2.14. The number of hydrazine groups is 1. The zero-order valence-corrected chi connectivity index (χ0v) is 9.77. The summed E-state index contributed by atoms with van der Waals surface area (Å²) in [6.45, 7) is 4.39. The van der Waals surface area contributed by atoms with Crippen LogP contribution in [-0.4, -0.2) is 42.4 Å². The highest BCUT2D eigenvalue weighted by Crippen LogP contribution is 2.10. The average molecular weight is 239 g/mol. The fraction of sp³-hybridized carbons (Fsp3) is 0.600. The fourth-order valence-corrected chi connectivity index (χ4v) is 1.61. The van der Waals surface area contributed by atoms with Gasteiger partial charge in [-0.25, -0.2) is 15.8 Å². The minimum atomic E-state index is 0.0632. The van der Waals surface area contributed by atoms with Crippen LogP contribution in [0.25, 0.3) is 0 Å². The van der Waals surface area contributed by atoms with Crippen LogP contribution in [0.4, 0.5) is 11.6 Å². The van der Waals surface area contributed by atoms with Gasteiger partial charge in [-0.3, -0.25) is 0 Å². The van der Waals surface area contributed by atoms with Gasteiger partial charge in [0.2, 0.25) is 0 Å². The number of anilines is 2. The molecule has 1 atom stereocenters. The summed E-state index contributed by atoms with van der Waals surface area (Å²) in [6, 6.07) is 1.75. The minimum Gasteiger partial charge on any atom is -0.376 e. The summed E-state index contributed by atoms with van der Waals surface area (Å²) < 4.78 is 10.8. The second-order valence-electron chi connectivity index (χ2n) is 3.78. The third kappa shape index (κ3) is 3.52. The highest BCUT2D eigenvalue weighted by atomic mass is 16.6. The lowest BCUT2D eigenvalue weighted by Crippen LogP contribution is -2.34. The Morgan fingerprint density at radius 3 is 2.94 bits per heavy atom. The maximum absolute atomic E-state index is 5.52. The van der Waals surface area contributed by atoms with Crippen molar-refractivity contribution >= 4 is 11.6 Å². The van der Waals surface area contributed by atoms with Crippen molar-refractivity contribution in [1.29, 1.82) is 0 Å². The molecule has 1 unspecified atom stereocenters. The molecule has 1 aliphatic rings. The Labute approximate surface area is 99.7 Å². The van der Waals surface area contributed by atoms with E-state index < -0.39 is 0 Å². The summed E-state index contributed by atoms with van der Waals surface area (Å²) in [5.41, 5.74) is 2.50. The van der Waals surface area contributed by atoms with Crippen molar-refractivity contribution in [3.05, 3.63) is 11.9 Å². The van der Waals surface area contributed by atoms with E-state index in [1.165, 1.54) is 0 Å². The molecule has 0 radical (unpaired) electrons. The molecule has 1 aliphatic heterocycles. The lowest BCUT2D eigenvalue weighted by Gasteiger charge is -2.23. The zero-order valence-electron chi connectivity index (χ0n) is 9.77. The average Bonchev–Trinajstić information content (AvgIpc) is 2.37. The lowest BCUT2D eigenvalue weighted by atomic mass is 10.3. The van der Waals surface area contributed by atoms with Crippen LogP contribution in [0.1, 0.15) is 5.82 Å². The van der Waals surface area contributed by atoms with Crippen molar-refractivity contribution in [2.75, 3.05) is 37.1 Å². The zero-order chi connectivity index (χ0) is 12.1. The number of nitrogen functional groups attached to an aromatic ring is 1. The van der Waals surface area contributed by atoms with E-state index in [4.69, 9.17) is 15.3 Å². The molecule has 0 bridgehead atoms. The Hall–Kier alpha value is -1.44. The molecule has 2 heterocycles. The Balaban J connectivity index is 1.91. The Bertz CT molecular complexity index is 368. The third-order valence-corrected chi connectivity index (χ3v) is 2.38. The van der Waals surface area contributed by atoms with Gasteiger partial charge in [-0.2, -0.15) is 0 Å². The molecule has 0 spiro atoms. The minimum absolute atomic E-state index is 0.0632. The molecule has 17 heavy (non-hydrogen) atoms. The summed E-state index contributed by atoms with van der Waals surface area (Å²) in [5, 5.41) is 3.18. The molecule has 0 aromatic carbocycles. The van der Waals surface area contributed by atoms with E-state index in [0.717, 1.165) is 5.82 Å². The van der Waals surface area contributed by atoms with E-state index in [0.29, 0.717) is 38.0 Å². The van der Waals surface area contributed by atoms with Crippen molar-refractivity contribution in [3.63, 3.8) is 0 Å². The van der Waals surface area contributed by atoms with Crippen LogP contribution in [0.2, 0.25) is 0 Å². The molecule has 1 saturated heterocycles. The summed E-state index contributed by atoms with van der Waals surface area (Å²) >= 11 is 0. The van der Waals surface area contributed by atoms with Crippen molar-refractivity contribution < 1.29 is 9.47 Å². The normalized spacial score (nSPS) is 20.0. The number of rotatable bonds is 4. The van der Waals surface area contributed by atoms with Crippen molar-refractivity contribution in [2.45, 2.75) is 13.0 Å². The first-order valence-electron chi connectivity index (χ1n) is 5.53. The highest BCUT2D eigenvalue weighted by molar-refractivity contribution is 5.46. The predicted octanol–water partition coefficient (Wildman–Crippen LogP) is -0.102. The molecule has 7 heteroatoms.